The van der Waals surface area contributed by atoms with E-state index in [1.807, 2.05) is 18.4 Å². The Bertz CT molecular complexity index is 1010. The predicted molar refractivity (Wildman–Crippen MR) is 126 cm³/mol. The van der Waals surface area contributed by atoms with E-state index < -0.39 is 0 Å². The van der Waals surface area contributed by atoms with E-state index in [-0.39, 0.29) is 6.03 Å². The largest absolute Gasteiger partial charge is 0.464 e. The summed E-state index contributed by atoms with van der Waals surface area (Å²) < 4.78 is 5.63. The molecule has 0 radical (unpaired) electrons. The van der Waals surface area contributed by atoms with Crippen LogP contribution in [0.25, 0.3) is 10.6 Å². The monoisotopic (exact) mass is 457 g/mol. The van der Waals surface area contributed by atoms with E-state index in [0.717, 1.165) is 73.3 Å². The van der Waals surface area contributed by atoms with E-state index in [2.05, 4.69) is 16.0 Å². The number of carbonyl (C=O) groups excluding carboxylic acids is 2. The highest BCUT2D eigenvalue weighted by Crippen LogP contribution is 2.38. The Kier molecular flexibility index (Phi) is 7.32. The first-order valence-corrected chi connectivity index (χ1v) is 12.6. The molecule has 0 unspecified atom stereocenters. The van der Waals surface area contributed by atoms with Crippen LogP contribution in [0.5, 0.6) is 0 Å². The number of rotatable bonds is 7. The number of carbonyl (C=O) groups is 2. The minimum atomic E-state index is -0.319. The van der Waals surface area contributed by atoms with Crippen LogP contribution >= 0.6 is 23.1 Å². The van der Waals surface area contributed by atoms with Crippen molar-refractivity contribution in [2.45, 2.75) is 45.2 Å². The maximum Gasteiger partial charge on any atom is 0.319 e. The van der Waals surface area contributed by atoms with Crippen molar-refractivity contribution in [2.75, 3.05) is 12.8 Å². The van der Waals surface area contributed by atoms with E-state index in [4.69, 9.17) is 4.42 Å². The Morgan fingerprint density at radius 2 is 2.19 bits per heavy atom. The number of allylic oxidation sites excluding steroid dienone is 3. The van der Waals surface area contributed by atoms with Gasteiger partial charge in [0, 0.05) is 29.7 Å². The summed E-state index contributed by atoms with van der Waals surface area (Å²) in [6.45, 7) is 2.19. The van der Waals surface area contributed by atoms with E-state index in [1.165, 1.54) is 15.3 Å². The molecule has 0 saturated heterocycles. The van der Waals surface area contributed by atoms with Gasteiger partial charge in [-0.15, -0.1) is 23.1 Å². The molecule has 0 atom stereocenters. The van der Waals surface area contributed by atoms with Gasteiger partial charge in [-0.25, -0.2) is 4.79 Å². The van der Waals surface area contributed by atoms with E-state index in [9.17, 15) is 9.59 Å². The average molecular weight is 458 g/mol. The van der Waals surface area contributed by atoms with Crippen molar-refractivity contribution in [1.29, 1.82) is 0 Å². The molecule has 164 valence electrons. The molecule has 2 amide bonds. The summed E-state index contributed by atoms with van der Waals surface area (Å²) in [5.41, 5.74) is 4.05. The lowest BCUT2D eigenvalue weighted by molar-refractivity contribution is -0.104. The number of thiophene rings is 1. The summed E-state index contributed by atoms with van der Waals surface area (Å²) in [6, 6.07) is 3.51. The third-order valence-electron chi connectivity index (χ3n) is 5.71. The normalized spacial score (nSPS) is 16.7. The van der Waals surface area contributed by atoms with Gasteiger partial charge in [0.1, 0.15) is 5.76 Å². The standard InChI is InChI=1S/C23H27N3O3S2/c1-30-20-7-3-2-5-16(20)15(14-27)11-25-23(28)26-12-18-17-8-9-24-13-21(17)31-22(18)19-6-4-10-29-19/h4,6,10-11,14,24H,2-3,5,7-9,12-13H2,1H3,(H2,25,26,28)/b15-11+. The lowest BCUT2D eigenvalue weighted by Crippen LogP contribution is -2.33. The molecule has 4 rings (SSSR count). The quantitative estimate of drug-likeness (QED) is 0.414. The zero-order valence-electron chi connectivity index (χ0n) is 17.6. The van der Waals surface area contributed by atoms with Gasteiger partial charge >= 0.3 is 6.03 Å². The molecule has 1 aliphatic carbocycles. The van der Waals surface area contributed by atoms with Gasteiger partial charge in [-0.05, 0) is 78.6 Å². The summed E-state index contributed by atoms with van der Waals surface area (Å²) in [5, 5.41) is 9.11. The molecule has 2 aromatic heterocycles. The third-order valence-corrected chi connectivity index (χ3v) is 7.94. The van der Waals surface area contributed by atoms with Crippen molar-refractivity contribution in [3.63, 3.8) is 0 Å². The van der Waals surface area contributed by atoms with Crippen LogP contribution in [0, 0.1) is 0 Å². The van der Waals surface area contributed by atoms with Gasteiger partial charge in [0.15, 0.2) is 6.29 Å². The molecule has 8 heteroatoms. The van der Waals surface area contributed by atoms with Gasteiger partial charge in [0.25, 0.3) is 0 Å². The van der Waals surface area contributed by atoms with Gasteiger partial charge in [-0.3, -0.25) is 4.79 Å². The molecule has 0 saturated carbocycles. The van der Waals surface area contributed by atoms with E-state index >= 15 is 0 Å². The van der Waals surface area contributed by atoms with Crippen molar-refractivity contribution < 1.29 is 14.0 Å². The lowest BCUT2D eigenvalue weighted by Gasteiger charge is -2.19. The van der Waals surface area contributed by atoms with E-state index in [0.29, 0.717) is 12.1 Å². The summed E-state index contributed by atoms with van der Waals surface area (Å²) >= 11 is 3.41. The number of amides is 2. The number of fused-ring (bicyclic) bond motifs is 1. The Hall–Kier alpha value is -2.29. The maximum atomic E-state index is 12.5. The molecule has 6 nitrogen and oxygen atoms in total. The number of furan rings is 1. The molecule has 3 N–H and O–H groups in total. The molecule has 0 aromatic carbocycles. The van der Waals surface area contributed by atoms with Crippen molar-refractivity contribution >= 4 is 35.4 Å². The Balaban J connectivity index is 1.47. The highest BCUT2D eigenvalue weighted by molar-refractivity contribution is 8.02. The van der Waals surface area contributed by atoms with Gasteiger partial charge in [0.2, 0.25) is 0 Å². The lowest BCUT2D eigenvalue weighted by atomic mass is 9.94. The zero-order chi connectivity index (χ0) is 21.6. The van der Waals surface area contributed by atoms with Crippen molar-refractivity contribution in [1.82, 2.24) is 16.0 Å². The first-order chi connectivity index (χ1) is 15.2. The van der Waals surface area contributed by atoms with Gasteiger partial charge in [-0.2, -0.15) is 0 Å². The number of nitrogens with one attached hydrogen (secondary N) is 3. The number of urea groups is 1. The maximum absolute atomic E-state index is 12.5. The van der Waals surface area contributed by atoms with Crippen LogP contribution in [-0.2, 0) is 24.3 Å². The fraction of sp³-hybridized carbons (Fsp3) is 0.391. The van der Waals surface area contributed by atoms with Crippen LogP contribution in [0.3, 0.4) is 0 Å². The summed E-state index contributed by atoms with van der Waals surface area (Å²) in [6.07, 6.45) is 11.1. The molecule has 0 fully saturated rings. The molecule has 0 spiro atoms. The first kappa shape index (κ1) is 21.9. The molecular weight excluding hydrogens is 430 g/mol. The number of thioether (sulfide) groups is 1. The van der Waals surface area contributed by atoms with Crippen LogP contribution in [0.4, 0.5) is 4.79 Å². The molecule has 31 heavy (non-hydrogen) atoms. The molecular formula is C23H27N3O3S2. The highest BCUT2D eigenvalue weighted by Gasteiger charge is 2.23. The topological polar surface area (TPSA) is 83.4 Å². The summed E-state index contributed by atoms with van der Waals surface area (Å²) in [5.74, 6) is 0.827. The third kappa shape index (κ3) is 4.97. The molecule has 2 aliphatic rings. The minimum absolute atomic E-state index is 0.319. The van der Waals surface area contributed by atoms with Crippen LogP contribution in [0.15, 0.2) is 45.1 Å². The molecule has 2 aromatic rings. The van der Waals surface area contributed by atoms with E-state index in [1.54, 1.807) is 35.6 Å². The Labute approximate surface area is 190 Å². The predicted octanol–water partition coefficient (Wildman–Crippen LogP) is 4.73. The van der Waals surface area contributed by atoms with Crippen LogP contribution < -0.4 is 16.0 Å². The fourth-order valence-corrected chi connectivity index (χ4v) is 6.28. The van der Waals surface area contributed by atoms with Gasteiger partial charge in [0.05, 0.1) is 11.1 Å². The number of hydrogen-bond donors (Lipinski definition) is 3. The van der Waals surface area contributed by atoms with Crippen LogP contribution in [0.1, 0.15) is 41.7 Å². The fourth-order valence-electron chi connectivity index (χ4n) is 4.16. The molecule has 1 aliphatic heterocycles. The highest BCUT2D eigenvalue weighted by atomic mass is 32.2. The van der Waals surface area contributed by atoms with Crippen LogP contribution in [-0.4, -0.2) is 25.1 Å². The Morgan fingerprint density at radius 3 is 2.97 bits per heavy atom. The second-order valence-electron chi connectivity index (χ2n) is 7.57. The second-order valence-corrected chi connectivity index (χ2v) is 9.58. The SMILES string of the molecule is CSC1=C(/C(C=O)=C/NC(=O)NCc2c(-c3ccco3)sc3c2CCNC3)CCCC1. The average Bonchev–Trinajstić information content (AvgIpc) is 3.46. The number of aldehydes is 1. The minimum Gasteiger partial charge on any atom is -0.464 e. The molecule has 3 heterocycles. The van der Waals surface area contributed by atoms with Crippen molar-refractivity contribution in [2.24, 2.45) is 0 Å². The smallest absolute Gasteiger partial charge is 0.319 e. The van der Waals surface area contributed by atoms with Gasteiger partial charge < -0.3 is 20.4 Å². The zero-order valence-corrected chi connectivity index (χ0v) is 19.2. The first-order valence-electron chi connectivity index (χ1n) is 10.6. The van der Waals surface area contributed by atoms with Crippen molar-refractivity contribution in [3.8, 4) is 10.6 Å². The number of hydrogen-bond acceptors (Lipinski definition) is 6. The van der Waals surface area contributed by atoms with Gasteiger partial charge in [-0.1, -0.05) is 0 Å². The summed E-state index contributed by atoms with van der Waals surface area (Å²) in [7, 11) is 0. The van der Waals surface area contributed by atoms with Crippen molar-refractivity contribution in [3.05, 3.63) is 56.7 Å². The summed E-state index contributed by atoms with van der Waals surface area (Å²) in [4.78, 5) is 27.8. The molecule has 0 bridgehead atoms. The van der Waals surface area contributed by atoms with Crippen LogP contribution in [0.2, 0.25) is 0 Å². The Morgan fingerprint density at radius 1 is 1.32 bits per heavy atom. The second kappa shape index (κ2) is 10.3.